The minimum atomic E-state index is -0.534. The molecule has 6 heteroatoms. The first-order chi connectivity index (χ1) is 9.66. The molecule has 0 spiro atoms. The summed E-state index contributed by atoms with van der Waals surface area (Å²) >= 11 is 0. The van der Waals surface area contributed by atoms with Crippen molar-refractivity contribution in [2.45, 2.75) is 6.42 Å². The van der Waals surface area contributed by atoms with Gasteiger partial charge in [0, 0.05) is 32.7 Å². The van der Waals surface area contributed by atoms with E-state index < -0.39 is 11.7 Å². The Balaban J connectivity index is 1.73. The van der Waals surface area contributed by atoms with Crippen LogP contribution < -0.4 is 10.6 Å². The molecule has 1 fully saturated rings. The van der Waals surface area contributed by atoms with Gasteiger partial charge in [-0.1, -0.05) is 0 Å². The van der Waals surface area contributed by atoms with Crippen molar-refractivity contribution in [3.8, 4) is 5.75 Å². The molecule has 0 atom stereocenters. The Morgan fingerprint density at radius 3 is 2.90 bits per heavy atom. The number of hydrogen-bond donors (Lipinski definition) is 3. The number of halogens is 1. The van der Waals surface area contributed by atoms with E-state index in [2.05, 4.69) is 15.5 Å². The normalized spacial score (nSPS) is 16.1. The molecule has 1 aliphatic heterocycles. The molecule has 0 radical (unpaired) electrons. The van der Waals surface area contributed by atoms with E-state index in [1.54, 1.807) is 0 Å². The molecule has 110 valence electrons. The maximum atomic E-state index is 13.0. The molecule has 3 N–H and O–H groups in total. The summed E-state index contributed by atoms with van der Waals surface area (Å²) in [6, 6.07) is 3.35. The largest absolute Gasteiger partial charge is 0.507 e. The number of carbonyl (C=O) groups is 1. The number of carbonyl (C=O) groups excluding carboxylic acids is 1. The van der Waals surface area contributed by atoms with E-state index in [4.69, 9.17) is 0 Å². The lowest BCUT2D eigenvalue weighted by molar-refractivity contribution is 0.0948. The number of aromatic hydroxyl groups is 1. The maximum Gasteiger partial charge on any atom is 0.255 e. The number of nitrogens with one attached hydrogen (secondary N) is 2. The predicted molar refractivity (Wildman–Crippen MR) is 74.3 cm³/mol. The minimum absolute atomic E-state index is 0.0211. The summed E-state index contributed by atoms with van der Waals surface area (Å²) in [6.45, 7) is 5.50. The fourth-order valence-corrected chi connectivity index (χ4v) is 2.22. The van der Waals surface area contributed by atoms with Gasteiger partial charge in [-0.15, -0.1) is 0 Å². The van der Waals surface area contributed by atoms with E-state index in [1.165, 1.54) is 6.07 Å². The molecule has 1 aromatic rings. The molecule has 1 amide bonds. The van der Waals surface area contributed by atoms with Crippen molar-refractivity contribution in [1.29, 1.82) is 0 Å². The van der Waals surface area contributed by atoms with Crippen molar-refractivity contribution >= 4 is 5.91 Å². The number of rotatable bonds is 5. The number of hydrogen-bond acceptors (Lipinski definition) is 4. The van der Waals surface area contributed by atoms with E-state index in [9.17, 15) is 14.3 Å². The van der Waals surface area contributed by atoms with Gasteiger partial charge in [-0.25, -0.2) is 4.39 Å². The molecular weight excluding hydrogens is 261 g/mol. The van der Waals surface area contributed by atoms with Crippen LogP contribution in [0.5, 0.6) is 5.75 Å². The number of amides is 1. The second-order valence-electron chi connectivity index (χ2n) is 4.86. The van der Waals surface area contributed by atoms with Crippen molar-refractivity contribution in [3.63, 3.8) is 0 Å². The second kappa shape index (κ2) is 7.21. The Labute approximate surface area is 117 Å². The molecule has 0 saturated carbocycles. The van der Waals surface area contributed by atoms with Crippen LogP contribution in [0.1, 0.15) is 16.8 Å². The lowest BCUT2D eigenvalue weighted by Gasteiger charge is -2.27. The van der Waals surface area contributed by atoms with Gasteiger partial charge >= 0.3 is 0 Å². The van der Waals surface area contributed by atoms with Gasteiger partial charge in [-0.05, 0) is 31.2 Å². The van der Waals surface area contributed by atoms with E-state index in [0.29, 0.717) is 6.54 Å². The first-order valence-corrected chi connectivity index (χ1v) is 6.86. The molecule has 0 bridgehead atoms. The zero-order chi connectivity index (χ0) is 14.4. The number of piperazine rings is 1. The quantitative estimate of drug-likeness (QED) is 0.690. The molecule has 20 heavy (non-hydrogen) atoms. The standard InChI is InChI=1S/C14H20FN3O2/c15-11-2-3-13(19)12(10-11)14(20)17-4-1-7-18-8-5-16-6-9-18/h2-3,10,16,19H,1,4-9H2,(H,17,20). The average Bonchev–Trinajstić information content (AvgIpc) is 2.47. The van der Waals surface area contributed by atoms with Gasteiger partial charge in [-0.2, -0.15) is 0 Å². The first kappa shape index (κ1) is 14.7. The highest BCUT2D eigenvalue weighted by Crippen LogP contribution is 2.17. The topological polar surface area (TPSA) is 64.6 Å². The van der Waals surface area contributed by atoms with Crippen LogP contribution in [0, 0.1) is 5.82 Å². The molecule has 1 aromatic carbocycles. The van der Waals surface area contributed by atoms with Crippen molar-refractivity contribution in [2.75, 3.05) is 39.3 Å². The van der Waals surface area contributed by atoms with Crippen LogP contribution in [0.3, 0.4) is 0 Å². The maximum absolute atomic E-state index is 13.0. The summed E-state index contributed by atoms with van der Waals surface area (Å²) in [4.78, 5) is 14.1. The summed E-state index contributed by atoms with van der Waals surface area (Å²) in [5.74, 6) is -1.18. The summed E-state index contributed by atoms with van der Waals surface area (Å²) in [5.41, 5.74) is -0.0211. The van der Waals surface area contributed by atoms with E-state index in [-0.39, 0.29) is 11.3 Å². The molecule has 1 heterocycles. The Bertz CT molecular complexity index is 462. The zero-order valence-electron chi connectivity index (χ0n) is 11.4. The first-order valence-electron chi connectivity index (χ1n) is 6.86. The molecular formula is C14H20FN3O2. The van der Waals surface area contributed by atoms with Crippen LogP contribution in [-0.2, 0) is 0 Å². The monoisotopic (exact) mass is 281 g/mol. The highest BCUT2D eigenvalue weighted by atomic mass is 19.1. The van der Waals surface area contributed by atoms with Crippen molar-refractivity contribution in [3.05, 3.63) is 29.6 Å². The Morgan fingerprint density at radius 2 is 2.15 bits per heavy atom. The van der Waals surface area contributed by atoms with Crippen LogP contribution in [0.2, 0.25) is 0 Å². The van der Waals surface area contributed by atoms with Gasteiger partial charge in [0.15, 0.2) is 0 Å². The van der Waals surface area contributed by atoms with Gasteiger partial charge in [-0.3, -0.25) is 4.79 Å². The Kier molecular flexibility index (Phi) is 5.31. The summed E-state index contributed by atoms with van der Waals surface area (Å²) in [6.07, 6.45) is 0.835. The number of nitrogens with zero attached hydrogens (tertiary/aromatic N) is 1. The molecule has 0 aromatic heterocycles. The highest BCUT2D eigenvalue weighted by molar-refractivity contribution is 5.96. The lowest BCUT2D eigenvalue weighted by atomic mass is 10.2. The molecule has 1 aliphatic rings. The molecule has 0 aliphatic carbocycles. The van der Waals surface area contributed by atoms with Gasteiger partial charge < -0.3 is 20.6 Å². The summed E-state index contributed by atoms with van der Waals surface area (Å²) < 4.78 is 13.0. The van der Waals surface area contributed by atoms with Crippen LogP contribution in [-0.4, -0.2) is 55.2 Å². The van der Waals surface area contributed by atoms with Crippen LogP contribution in [0.25, 0.3) is 0 Å². The second-order valence-corrected chi connectivity index (χ2v) is 4.86. The van der Waals surface area contributed by atoms with Crippen molar-refractivity contribution in [1.82, 2.24) is 15.5 Å². The van der Waals surface area contributed by atoms with Crippen LogP contribution >= 0.6 is 0 Å². The average molecular weight is 281 g/mol. The van der Waals surface area contributed by atoms with Crippen molar-refractivity contribution < 1.29 is 14.3 Å². The third kappa shape index (κ3) is 4.18. The third-order valence-corrected chi connectivity index (χ3v) is 3.35. The minimum Gasteiger partial charge on any atom is -0.507 e. The number of phenols is 1. The smallest absolute Gasteiger partial charge is 0.255 e. The predicted octanol–water partition coefficient (Wildman–Crippen LogP) is 0.556. The third-order valence-electron chi connectivity index (χ3n) is 3.35. The van der Waals surface area contributed by atoms with Crippen LogP contribution in [0.4, 0.5) is 4.39 Å². The highest BCUT2D eigenvalue weighted by Gasteiger charge is 2.12. The van der Waals surface area contributed by atoms with Gasteiger partial charge in [0.1, 0.15) is 11.6 Å². The Hall–Kier alpha value is -1.66. The van der Waals surface area contributed by atoms with E-state index in [0.717, 1.165) is 51.3 Å². The van der Waals surface area contributed by atoms with E-state index >= 15 is 0 Å². The fourth-order valence-electron chi connectivity index (χ4n) is 2.22. The molecule has 0 unspecified atom stereocenters. The number of benzene rings is 1. The summed E-state index contributed by atoms with van der Waals surface area (Å²) in [7, 11) is 0. The van der Waals surface area contributed by atoms with E-state index in [1.807, 2.05) is 0 Å². The SMILES string of the molecule is O=C(NCCCN1CCNCC1)c1cc(F)ccc1O. The van der Waals surface area contributed by atoms with Gasteiger partial charge in [0.25, 0.3) is 5.91 Å². The molecule has 2 rings (SSSR count). The molecule has 5 nitrogen and oxygen atoms in total. The number of phenolic OH excluding ortho intramolecular Hbond substituents is 1. The summed E-state index contributed by atoms with van der Waals surface area (Å²) in [5, 5.41) is 15.5. The van der Waals surface area contributed by atoms with Crippen LogP contribution in [0.15, 0.2) is 18.2 Å². The van der Waals surface area contributed by atoms with Gasteiger partial charge in [0.05, 0.1) is 5.56 Å². The van der Waals surface area contributed by atoms with Crippen molar-refractivity contribution in [2.24, 2.45) is 0 Å². The lowest BCUT2D eigenvalue weighted by Crippen LogP contribution is -2.44. The van der Waals surface area contributed by atoms with Gasteiger partial charge in [0.2, 0.25) is 0 Å². The fraction of sp³-hybridized carbons (Fsp3) is 0.500. The Morgan fingerprint density at radius 1 is 1.40 bits per heavy atom. The zero-order valence-corrected chi connectivity index (χ0v) is 11.4. The molecule has 1 saturated heterocycles.